The Bertz CT molecular complexity index is 496. The molecule has 0 unspecified atom stereocenters. The highest BCUT2D eigenvalue weighted by molar-refractivity contribution is 5.48. The van der Waals surface area contributed by atoms with Crippen LogP contribution < -0.4 is 10.1 Å². The molecule has 0 saturated carbocycles. The molecule has 0 heterocycles. The first-order chi connectivity index (χ1) is 9.52. The van der Waals surface area contributed by atoms with Crippen molar-refractivity contribution in [2.24, 2.45) is 0 Å². The summed E-state index contributed by atoms with van der Waals surface area (Å²) in [5.74, 6) is 0.949. The molecule has 0 amide bonds. The average molecular weight is 269 g/mol. The van der Waals surface area contributed by atoms with Gasteiger partial charge in [-0.2, -0.15) is 0 Å². The van der Waals surface area contributed by atoms with Crippen molar-refractivity contribution in [2.45, 2.75) is 27.7 Å². The third kappa shape index (κ3) is 4.30. The highest BCUT2D eigenvalue weighted by Gasteiger charge is 1.98. The number of rotatable bonds is 5. The molecule has 106 valence electrons. The average Bonchev–Trinajstić information content (AvgIpc) is 2.32. The Morgan fingerprint density at radius 3 is 1.80 bits per heavy atom. The number of anilines is 1. The summed E-state index contributed by atoms with van der Waals surface area (Å²) in [6.45, 7) is 9.88. The molecular weight excluding hydrogens is 246 g/mol. The van der Waals surface area contributed by atoms with Gasteiger partial charge in [0, 0.05) is 12.2 Å². The molecule has 0 bridgehead atoms. The van der Waals surface area contributed by atoms with Gasteiger partial charge < -0.3 is 10.1 Å². The van der Waals surface area contributed by atoms with Crippen molar-refractivity contribution in [1.29, 1.82) is 0 Å². The Morgan fingerprint density at radius 2 is 1.25 bits per heavy atom. The standard InChI is InChI=1S/C18H23NO/c1-13-7-14(2)10-17(9-13)19-5-6-20-18-11-15(3)8-16(4)12-18/h7-12,19H,5-6H2,1-4H3. The van der Waals surface area contributed by atoms with Gasteiger partial charge in [0.2, 0.25) is 0 Å². The summed E-state index contributed by atoms with van der Waals surface area (Å²) in [7, 11) is 0. The first kappa shape index (κ1) is 14.4. The van der Waals surface area contributed by atoms with Gasteiger partial charge in [-0.05, 0) is 74.2 Å². The van der Waals surface area contributed by atoms with Gasteiger partial charge in [-0.25, -0.2) is 0 Å². The van der Waals surface area contributed by atoms with E-state index in [2.05, 4.69) is 69.4 Å². The fourth-order valence-corrected chi connectivity index (χ4v) is 2.46. The van der Waals surface area contributed by atoms with E-state index in [1.54, 1.807) is 0 Å². The van der Waals surface area contributed by atoms with E-state index < -0.39 is 0 Å². The van der Waals surface area contributed by atoms with Crippen LogP contribution in [-0.4, -0.2) is 13.2 Å². The smallest absolute Gasteiger partial charge is 0.119 e. The van der Waals surface area contributed by atoms with Gasteiger partial charge in [0.25, 0.3) is 0 Å². The van der Waals surface area contributed by atoms with Crippen molar-refractivity contribution in [2.75, 3.05) is 18.5 Å². The van der Waals surface area contributed by atoms with E-state index >= 15 is 0 Å². The highest BCUT2D eigenvalue weighted by Crippen LogP contribution is 2.16. The molecule has 20 heavy (non-hydrogen) atoms. The zero-order chi connectivity index (χ0) is 14.5. The van der Waals surface area contributed by atoms with Gasteiger partial charge in [-0.1, -0.05) is 12.1 Å². The van der Waals surface area contributed by atoms with Crippen molar-refractivity contribution < 1.29 is 4.74 Å². The summed E-state index contributed by atoms with van der Waals surface area (Å²) in [5.41, 5.74) is 6.20. The Morgan fingerprint density at radius 1 is 0.750 bits per heavy atom. The van der Waals surface area contributed by atoms with Crippen LogP contribution in [0.4, 0.5) is 5.69 Å². The van der Waals surface area contributed by atoms with E-state index in [-0.39, 0.29) is 0 Å². The molecule has 0 spiro atoms. The maximum Gasteiger partial charge on any atom is 0.119 e. The van der Waals surface area contributed by atoms with Crippen LogP contribution in [0.3, 0.4) is 0 Å². The SMILES string of the molecule is Cc1cc(C)cc(NCCOc2cc(C)cc(C)c2)c1. The molecule has 2 nitrogen and oxygen atoms in total. The van der Waals surface area contributed by atoms with E-state index in [0.717, 1.165) is 18.0 Å². The molecular formula is C18H23NO. The Hall–Kier alpha value is -1.96. The number of ether oxygens (including phenoxy) is 1. The molecule has 2 heteroatoms. The van der Waals surface area contributed by atoms with Gasteiger partial charge in [0.05, 0.1) is 0 Å². The molecule has 0 atom stereocenters. The molecule has 0 aliphatic carbocycles. The molecule has 0 aromatic heterocycles. The Balaban J connectivity index is 1.84. The van der Waals surface area contributed by atoms with E-state index in [0.29, 0.717) is 6.61 Å². The van der Waals surface area contributed by atoms with E-state index in [4.69, 9.17) is 4.74 Å². The molecule has 0 saturated heterocycles. The van der Waals surface area contributed by atoms with Crippen molar-refractivity contribution in [3.63, 3.8) is 0 Å². The van der Waals surface area contributed by atoms with Crippen molar-refractivity contribution in [3.8, 4) is 5.75 Å². The van der Waals surface area contributed by atoms with Crippen LogP contribution in [0.2, 0.25) is 0 Å². The molecule has 0 aliphatic rings. The second-order valence-corrected chi connectivity index (χ2v) is 5.48. The fourth-order valence-electron chi connectivity index (χ4n) is 2.46. The number of benzene rings is 2. The molecule has 2 aromatic rings. The van der Waals surface area contributed by atoms with Crippen LogP contribution in [0.5, 0.6) is 5.75 Å². The maximum absolute atomic E-state index is 5.79. The second-order valence-electron chi connectivity index (χ2n) is 5.48. The summed E-state index contributed by atoms with van der Waals surface area (Å²) < 4.78 is 5.79. The normalized spacial score (nSPS) is 10.4. The lowest BCUT2D eigenvalue weighted by atomic mass is 10.1. The number of aryl methyl sites for hydroxylation is 4. The summed E-state index contributed by atoms with van der Waals surface area (Å²) in [6.07, 6.45) is 0. The lowest BCUT2D eigenvalue weighted by Crippen LogP contribution is -2.11. The summed E-state index contributed by atoms with van der Waals surface area (Å²) >= 11 is 0. The van der Waals surface area contributed by atoms with E-state index in [9.17, 15) is 0 Å². The minimum atomic E-state index is 0.663. The lowest BCUT2D eigenvalue weighted by Gasteiger charge is -2.11. The summed E-state index contributed by atoms with van der Waals surface area (Å²) in [4.78, 5) is 0. The molecule has 0 fully saturated rings. The zero-order valence-electron chi connectivity index (χ0n) is 12.8. The predicted octanol–water partition coefficient (Wildman–Crippen LogP) is 4.41. The third-order valence-electron chi connectivity index (χ3n) is 3.12. The van der Waals surface area contributed by atoms with Crippen LogP contribution in [0.25, 0.3) is 0 Å². The van der Waals surface area contributed by atoms with Gasteiger partial charge >= 0.3 is 0 Å². The van der Waals surface area contributed by atoms with Crippen molar-refractivity contribution in [3.05, 3.63) is 58.7 Å². The van der Waals surface area contributed by atoms with E-state index in [1.807, 2.05) is 0 Å². The summed E-state index contributed by atoms with van der Waals surface area (Å²) in [5, 5.41) is 3.40. The van der Waals surface area contributed by atoms with Gasteiger partial charge in [0.1, 0.15) is 12.4 Å². The van der Waals surface area contributed by atoms with Crippen molar-refractivity contribution >= 4 is 5.69 Å². The maximum atomic E-state index is 5.79. The van der Waals surface area contributed by atoms with Crippen LogP contribution in [-0.2, 0) is 0 Å². The monoisotopic (exact) mass is 269 g/mol. The van der Waals surface area contributed by atoms with Crippen molar-refractivity contribution in [1.82, 2.24) is 0 Å². The quantitative estimate of drug-likeness (QED) is 0.812. The lowest BCUT2D eigenvalue weighted by molar-refractivity contribution is 0.332. The molecule has 0 radical (unpaired) electrons. The Labute approximate surface area is 121 Å². The molecule has 2 aromatic carbocycles. The Kier molecular flexibility index (Phi) is 4.67. The minimum absolute atomic E-state index is 0.663. The van der Waals surface area contributed by atoms with Crippen LogP contribution in [0.1, 0.15) is 22.3 Å². The third-order valence-corrected chi connectivity index (χ3v) is 3.12. The van der Waals surface area contributed by atoms with Gasteiger partial charge in [-0.15, -0.1) is 0 Å². The second kappa shape index (κ2) is 6.47. The first-order valence-electron chi connectivity index (χ1n) is 7.06. The van der Waals surface area contributed by atoms with Crippen LogP contribution in [0, 0.1) is 27.7 Å². The van der Waals surface area contributed by atoms with Crippen LogP contribution in [0.15, 0.2) is 36.4 Å². The van der Waals surface area contributed by atoms with Gasteiger partial charge in [-0.3, -0.25) is 0 Å². The molecule has 1 N–H and O–H groups in total. The number of hydrogen-bond donors (Lipinski definition) is 1. The molecule has 0 aliphatic heterocycles. The van der Waals surface area contributed by atoms with Crippen LogP contribution >= 0.6 is 0 Å². The number of hydrogen-bond acceptors (Lipinski definition) is 2. The fraction of sp³-hybridized carbons (Fsp3) is 0.333. The summed E-state index contributed by atoms with van der Waals surface area (Å²) in [6, 6.07) is 12.8. The van der Waals surface area contributed by atoms with E-state index in [1.165, 1.54) is 22.3 Å². The predicted molar refractivity (Wildman–Crippen MR) is 85.8 cm³/mol. The largest absolute Gasteiger partial charge is 0.492 e. The molecule has 2 rings (SSSR count). The van der Waals surface area contributed by atoms with Gasteiger partial charge in [0.15, 0.2) is 0 Å². The minimum Gasteiger partial charge on any atom is -0.492 e. The highest BCUT2D eigenvalue weighted by atomic mass is 16.5. The zero-order valence-corrected chi connectivity index (χ0v) is 12.8. The number of nitrogens with one attached hydrogen (secondary N) is 1. The first-order valence-corrected chi connectivity index (χ1v) is 7.06. The topological polar surface area (TPSA) is 21.3 Å².